The first kappa shape index (κ1) is 13.1. The Morgan fingerprint density at radius 3 is 3.10 bits per heavy atom. The van der Waals surface area contributed by atoms with Crippen LogP contribution in [0.5, 0.6) is 0 Å². The minimum absolute atomic E-state index is 0.331. The molecule has 4 rings (SSSR count). The summed E-state index contributed by atoms with van der Waals surface area (Å²) in [5.41, 5.74) is 5.08. The number of imidazole rings is 1. The SMILES string of the molecule is CC1(C)CC[C@@H]2C[C@@H](NCc3ncc[nH]3)c3cccc1c32. The molecule has 1 heterocycles. The fourth-order valence-corrected chi connectivity index (χ4v) is 4.20. The van der Waals surface area contributed by atoms with Gasteiger partial charge in [0.05, 0.1) is 6.54 Å². The van der Waals surface area contributed by atoms with Crippen LogP contribution in [0.15, 0.2) is 30.6 Å². The van der Waals surface area contributed by atoms with Crippen LogP contribution in [-0.2, 0) is 12.0 Å². The highest BCUT2D eigenvalue weighted by atomic mass is 15.0. The van der Waals surface area contributed by atoms with Gasteiger partial charge in [-0.3, -0.25) is 0 Å². The van der Waals surface area contributed by atoms with E-state index in [4.69, 9.17) is 0 Å². The smallest absolute Gasteiger partial charge is 0.120 e. The molecule has 0 saturated heterocycles. The number of benzene rings is 1. The third-order valence-electron chi connectivity index (χ3n) is 5.36. The largest absolute Gasteiger partial charge is 0.348 e. The predicted octanol–water partition coefficient (Wildman–Crippen LogP) is 3.80. The zero-order valence-corrected chi connectivity index (χ0v) is 12.8. The van der Waals surface area contributed by atoms with Crippen molar-refractivity contribution >= 4 is 0 Å². The Balaban J connectivity index is 1.63. The zero-order chi connectivity index (χ0) is 14.4. The van der Waals surface area contributed by atoms with Gasteiger partial charge in [0, 0.05) is 18.4 Å². The lowest BCUT2D eigenvalue weighted by Gasteiger charge is -2.35. The molecule has 3 heteroatoms. The summed E-state index contributed by atoms with van der Waals surface area (Å²) in [6.45, 7) is 5.60. The average molecular weight is 281 g/mol. The van der Waals surface area contributed by atoms with Gasteiger partial charge in [-0.05, 0) is 47.3 Å². The van der Waals surface area contributed by atoms with Gasteiger partial charge in [0.15, 0.2) is 0 Å². The van der Waals surface area contributed by atoms with Crippen molar-refractivity contribution < 1.29 is 0 Å². The van der Waals surface area contributed by atoms with Crippen molar-refractivity contribution in [2.24, 2.45) is 0 Å². The number of nitrogens with zero attached hydrogens (tertiary/aromatic N) is 1. The number of aromatic nitrogens is 2. The molecule has 0 fully saturated rings. The van der Waals surface area contributed by atoms with Gasteiger partial charge in [-0.25, -0.2) is 4.98 Å². The van der Waals surface area contributed by atoms with Crippen LogP contribution >= 0.6 is 0 Å². The Bertz CT molecular complexity index is 642. The summed E-state index contributed by atoms with van der Waals surface area (Å²) >= 11 is 0. The molecule has 2 aromatic rings. The molecule has 0 unspecified atom stereocenters. The summed E-state index contributed by atoms with van der Waals surface area (Å²) < 4.78 is 0. The molecule has 2 atom stereocenters. The van der Waals surface area contributed by atoms with Gasteiger partial charge in [0.1, 0.15) is 5.82 Å². The van der Waals surface area contributed by atoms with Crippen LogP contribution in [-0.4, -0.2) is 9.97 Å². The van der Waals surface area contributed by atoms with Crippen LogP contribution in [0.25, 0.3) is 0 Å². The van der Waals surface area contributed by atoms with Crippen LogP contribution in [0.4, 0.5) is 0 Å². The molecule has 0 bridgehead atoms. The fraction of sp³-hybridized carbons (Fsp3) is 0.500. The highest BCUT2D eigenvalue weighted by Crippen LogP contribution is 2.52. The van der Waals surface area contributed by atoms with Crippen LogP contribution < -0.4 is 5.32 Å². The number of aromatic amines is 1. The summed E-state index contributed by atoms with van der Waals surface area (Å²) in [4.78, 5) is 7.48. The van der Waals surface area contributed by atoms with E-state index in [2.05, 4.69) is 47.3 Å². The number of hydrogen-bond donors (Lipinski definition) is 2. The van der Waals surface area contributed by atoms with Crippen molar-refractivity contribution in [2.75, 3.05) is 0 Å². The van der Waals surface area contributed by atoms with Crippen molar-refractivity contribution in [2.45, 2.75) is 57.0 Å². The van der Waals surface area contributed by atoms with Crippen molar-refractivity contribution in [1.82, 2.24) is 15.3 Å². The van der Waals surface area contributed by atoms with Gasteiger partial charge in [-0.15, -0.1) is 0 Å². The first-order chi connectivity index (χ1) is 10.1. The molecule has 0 radical (unpaired) electrons. The lowest BCUT2D eigenvalue weighted by atomic mass is 9.69. The van der Waals surface area contributed by atoms with Crippen LogP contribution in [0.1, 0.15) is 67.6 Å². The van der Waals surface area contributed by atoms with Crippen molar-refractivity contribution in [1.29, 1.82) is 0 Å². The van der Waals surface area contributed by atoms with Crippen LogP contribution in [0, 0.1) is 0 Å². The molecule has 2 aliphatic carbocycles. The molecule has 1 aromatic heterocycles. The molecule has 3 nitrogen and oxygen atoms in total. The Morgan fingerprint density at radius 2 is 2.29 bits per heavy atom. The second kappa shape index (κ2) is 4.70. The Morgan fingerprint density at radius 1 is 1.38 bits per heavy atom. The van der Waals surface area contributed by atoms with E-state index < -0.39 is 0 Å². The van der Waals surface area contributed by atoms with Crippen molar-refractivity contribution in [3.63, 3.8) is 0 Å². The van der Waals surface area contributed by atoms with E-state index in [1.165, 1.54) is 24.8 Å². The molecular formula is C18H23N3. The van der Waals surface area contributed by atoms with Gasteiger partial charge < -0.3 is 10.3 Å². The van der Waals surface area contributed by atoms with Gasteiger partial charge in [0.2, 0.25) is 0 Å². The molecule has 0 spiro atoms. The van der Waals surface area contributed by atoms with E-state index >= 15 is 0 Å². The van der Waals surface area contributed by atoms with Gasteiger partial charge in [-0.2, -0.15) is 0 Å². The first-order valence-corrected chi connectivity index (χ1v) is 8.00. The molecule has 1 aromatic carbocycles. The molecule has 2 aliphatic rings. The van der Waals surface area contributed by atoms with Gasteiger partial charge in [0.25, 0.3) is 0 Å². The van der Waals surface area contributed by atoms with Crippen molar-refractivity contribution in [3.8, 4) is 0 Å². The second-order valence-corrected chi connectivity index (χ2v) is 7.13. The van der Waals surface area contributed by atoms with Crippen molar-refractivity contribution in [3.05, 3.63) is 53.1 Å². The van der Waals surface area contributed by atoms with Crippen LogP contribution in [0.2, 0.25) is 0 Å². The predicted molar refractivity (Wildman–Crippen MR) is 84.2 cm³/mol. The minimum Gasteiger partial charge on any atom is -0.348 e. The number of nitrogens with one attached hydrogen (secondary N) is 2. The fourth-order valence-electron chi connectivity index (χ4n) is 4.20. The third kappa shape index (κ3) is 2.11. The summed E-state index contributed by atoms with van der Waals surface area (Å²) in [5.74, 6) is 1.77. The van der Waals surface area contributed by atoms with E-state index in [1.54, 1.807) is 11.1 Å². The summed E-state index contributed by atoms with van der Waals surface area (Å²) in [7, 11) is 0. The van der Waals surface area contributed by atoms with Gasteiger partial charge in [-0.1, -0.05) is 32.0 Å². The molecule has 0 saturated carbocycles. The Kier molecular flexibility index (Phi) is 2.93. The molecule has 21 heavy (non-hydrogen) atoms. The lowest BCUT2D eigenvalue weighted by molar-refractivity contribution is 0.380. The zero-order valence-electron chi connectivity index (χ0n) is 12.8. The molecule has 0 amide bonds. The normalized spacial score (nSPS) is 25.8. The monoisotopic (exact) mass is 281 g/mol. The second-order valence-electron chi connectivity index (χ2n) is 7.13. The Hall–Kier alpha value is -1.61. The summed E-state index contributed by atoms with van der Waals surface area (Å²) in [6, 6.07) is 7.38. The van der Waals surface area contributed by atoms with E-state index in [9.17, 15) is 0 Å². The number of rotatable bonds is 3. The highest BCUT2D eigenvalue weighted by Gasteiger charge is 2.40. The maximum atomic E-state index is 4.31. The van der Waals surface area contributed by atoms with E-state index in [0.29, 0.717) is 11.5 Å². The highest BCUT2D eigenvalue weighted by molar-refractivity contribution is 5.48. The Labute approximate surface area is 126 Å². The van der Waals surface area contributed by atoms with E-state index in [0.717, 1.165) is 18.3 Å². The summed E-state index contributed by atoms with van der Waals surface area (Å²) in [6.07, 6.45) is 7.58. The number of hydrogen-bond acceptors (Lipinski definition) is 2. The topological polar surface area (TPSA) is 40.7 Å². The van der Waals surface area contributed by atoms with E-state index in [1.807, 2.05) is 12.4 Å². The van der Waals surface area contributed by atoms with Gasteiger partial charge >= 0.3 is 0 Å². The van der Waals surface area contributed by atoms with Crippen LogP contribution in [0.3, 0.4) is 0 Å². The lowest BCUT2D eigenvalue weighted by Crippen LogP contribution is -2.25. The summed E-state index contributed by atoms with van der Waals surface area (Å²) in [5, 5.41) is 3.69. The molecule has 0 aliphatic heterocycles. The molecule has 110 valence electrons. The number of H-pyrrole nitrogens is 1. The minimum atomic E-state index is 0.331. The van der Waals surface area contributed by atoms with E-state index in [-0.39, 0.29) is 0 Å². The maximum Gasteiger partial charge on any atom is 0.120 e. The molecular weight excluding hydrogens is 258 g/mol. The standard InChI is InChI=1S/C18H23N3/c1-18(2)7-6-12-10-15(21-11-16-19-8-9-20-16)13-4-3-5-14(18)17(12)13/h3-5,8-9,12,15,21H,6-7,10-11H2,1-2H3,(H,19,20)/t12-,15-/m1/s1. The first-order valence-electron chi connectivity index (χ1n) is 8.00. The third-order valence-corrected chi connectivity index (χ3v) is 5.36. The maximum absolute atomic E-state index is 4.31. The molecule has 2 N–H and O–H groups in total. The average Bonchev–Trinajstić information content (AvgIpc) is 3.10. The quantitative estimate of drug-likeness (QED) is 0.898.